The van der Waals surface area contributed by atoms with Crippen LogP contribution in [0.25, 0.3) is 22.2 Å². The smallest absolute Gasteiger partial charge is 0.129 e. The van der Waals surface area contributed by atoms with Gasteiger partial charge >= 0.3 is 0 Å². The lowest BCUT2D eigenvalue weighted by Gasteiger charge is -2.36. The standard InChI is InChI=1S/C21H20N6/c1-2-6-18-17(5-1)21(25-24-18)16-8-10-23-20(15-16)27-13-11-26(12-14-27)19-7-3-4-9-22-19/h1-10,15H,11-14H2,(H,24,25). The van der Waals surface area contributed by atoms with E-state index in [2.05, 4.69) is 48.2 Å². The van der Waals surface area contributed by atoms with E-state index in [1.54, 1.807) is 0 Å². The van der Waals surface area contributed by atoms with Crippen molar-refractivity contribution in [3.05, 3.63) is 67.0 Å². The maximum absolute atomic E-state index is 4.60. The topological polar surface area (TPSA) is 60.9 Å². The molecule has 1 aliphatic rings. The molecule has 1 fully saturated rings. The van der Waals surface area contributed by atoms with E-state index in [0.29, 0.717) is 0 Å². The summed E-state index contributed by atoms with van der Waals surface area (Å²) in [6.45, 7) is 3.73. The van der Waals surface area contributed by atoms with E-state index >= 15 is 0 Å². The SMILES string of the molecule is c1ccc(N2CCN(c3cc(-c4n[nH]c5ccccc45)ccn3)CC2)nc1. The normalized spacial score (nSPS) is 14.7. The number of hydrogen-bond acceptors (Lipinski definition) is 5. The number of H-pyrrole nitrogens is 1. The minimum absolute atomic E-state index is 0.925. The molecule has 6 heteroatoms. The molecule has 4 heterocycles. The van der Waals surface area contributed by atoms with Gasteiger partial charge in [0.1, 0.15) is 17.3 Å². The molecule has 0 amide bonds. The highest BCUT2D eigenvalue weighted by atomic mass is 15.3. The van der Waals surface area contributed by atoms with Crippen molar-refractivity contribution in [2.24, 2.45) is 0 Å². The second-order valence-corrected chi connectivity index (χ2v) is 6.68. The highest BCUT2D eigenvalue weighted by molar-refractivity contribution is 5.93. The van der Waals surface area contributed by atoms with Crippen LogP contribution in [0.5, 0.6) is 0 Å². The van der Waals surface area contributed by atoms with Gasteiger partial charge in [-0.25, -0.2) is 9.97 Å². The van der Waals surface area contributed by atoms with Gasteiger partial charge in [-0.3, -0.25) is 5.10 Å². The van der Waals surface area contributed by atoms with Crippen LogP contribution in [0.3, 0.4) is 0 Å². The van der Waals surface area contributed by atoms with Crippen molar-refractivity contribution >= 4 is 22.5 Å². The number of para-hydroxylation sites is 1. The summed E-state index contributed by atoms with van der Waals surface area (Å²) >= 11 is 0. The summed E-state index contributed by atoms with van der Waals surface area (Å²) in [5.41, 5.74) is 3.11. The zero-order chi connectivity index (χ0) is 18.1. The van der Waals surface area contributed by atoms with Gasteiger partial charge in [-0.1, -0.05) is 24.3 Å². The first kappa shape index (κ1) is 15.8. The van der Waals surface area contributed by atoms with Crippen molar-refractivity contribution in [3.63, 3.8) is 0 Å². The Labute approximate surface area is 157 Å². The van der Waals surface area contributed by atoms with Gasteiger partial charge in [-0.2, -0.15) is 5.10 Å². The summed E-state index contributed by atoms with van der Waals surface area (Å²) in [6, 6.07) is 18.4. The van der Waals surface area contributed by atoms with Gasteiger partial charge in [0, 0.05) is 49.5 Å². The van der Waals surface area contributed by atoms with E-state index in [9.17, 15) is 0 Å². The minimum Gasteiger partial charge on any atom is -0.353 e. The fraction of sp³-hybridized carbons (Fsp3) is 0.190. The van der Waals surface area contributed by atoms with E-state index in [4.69, 9.17) is 0 Å². The Morgan fingerprint density at radius 1 is 0.741 bits per heavy atom. The van der Waals surface area contributed by atoms with Crippen molar-refractivity contribution in [2.75, 3.05) is 36.0 Å². The van der Waals surface area contributed by atoms with Crippen molar-refractivity contribution in [1.29, 1.82) is 0 Å². The number of anilines is 2. The van der Waals surface area contributed by atoms with Gasteiger partial charge in [-0.05, 0) is 30.3 Å². The summed E-state index contributed by atoms with van der Waals surface area (Å²) in [4.78, 5) is 13.7. The maximum Gasteiger partial charge on any atom is 0.129 e. The highest BCUT2D eigenvalue weighted by Crippen LogP contribution is 2.28. The van der Waals surface area contributed by atoms with Gasteiger partial charge < -0.3 is 9.80 Å². The molecular formula is C21H20N6. The molecule has 0 aliphatic carbocycles. The molecule has 1 saturated heterocycles. The van der Waals surface area contributed by atoms with Crippen LogP contribution in [0.1, 0.15) is 0 Å². The zero-order valence-corrected chi connectivity index (χ0v) is 14.9. The number of piperazine rings is 1. The van der Waals surface area contributed by atoms with Crippen LogP contribution in [0.15, 0.2) is 67.0 Å². The van der Waals surface area contributed by atoms with Crippen molar-refractivity contribution in [1.82, 2.24) is 20.2 Å². The fourth-order valence-corrected chi connectivity index (χ4v) is 3.63. The predicted molar refractivity (Wildman–Crippen MR) is 108 cm³/mol. The van der Waals surface area contributed by atoms with E-state index in [0.717, 1.165) is 60.0 Å². The molecule has 27 heavy (non-hydrogen) atoms. The molecule has 1 aliphatic heterocycles. The molecule has 3 aromatic heterocycles. The second-order valence-electron chi connectivity index (χ2n) is 6.68. The quantitative estimate of drug-likeness (QED) is 0.610. The van der Waals surface area contributed by atoms with Gasteiger partial charge in [0.05, 0.1) is 5.52 Å². The zero-order valence-electron chi connectivity index (χ0n) is 14.9. The number of aromatic nitrogens is 4. The molecule has 1 aromatic carbocycles. The van der Waals surface area contributed by atoms with Gasteiger partial charge in [0.25, 0.3) is 0 Å². The Hall–Kier alpha value is -3.41. The predicted octanol–water partition coefficient (Wildman–Crippen LogP) is 3.35. The molecule has 0 radical (unpaired) electrons. The Morgan fingerprint density at radius 3 is 2.30 bits per heavy atom. The van der Waals surface area contributed by atoms with Crippen LogP contribution >= 0.6 is 0 Å². The number of hydrogen-bond donors (Lipinski definition) is 1. The largest absolute Gasteiger partial charge is 0.353 e. The van der Waals surface area contributed by atoms with Crippen LogP contribution in [0, 0.1) is 0 Å². The number of fused-ring (bicyclic) bond motifs is 1. The third kappa shape index (κ3) is 2.99. The van der Waals surface area contributed by atoms with Gasteiger partial charge in [0.15, 0.2) is 0 Å². The van der Waals surface area contributed by atoms with Gasteiger partial charge in [-0.15, -0.1) is 0 Å². The van der Waals surface area contributed by atoms with Crippen LogP contribution in [-0.2, 0) is 0 Å². The molecule has 0 spiro atoms. The summed E-state index contributed by atoms with van der Waals surface area (Å²) in [7, 11) is 0. The lowest BCUT2D eigenvalue weighted by Crippen LogP contribution is -2.47. The number of aromatic amines is 1. The third-order valence-corrected chi connectivity index (χ3v) is 5.07. The minimum atomic E-state index is 0.925. The Balaban J connectivity index is 1.37. The molecule has 0 atom stereocenters. The lowest BCUT2D eigenvalue weighted by atomic mass is 10.1. The summed E-state index contributed by atoms with van der Waals surface area (Å²) in [5.74, 6) is 2.04. The van der Waals surface area contributed by atoms with Crippen LogP contribution in [-0.4, -0.2) is 46.3 Å². The molecule has 0 bridgehead atoms. The van der Waals surface area contributed by atoms with Crippen LogP contribution in [0.4, 0.5) is 11.6 Å². The van der Waals surface area contributed by atoms with E-state index in [1.807, 2.05) is 48.8 Å². The van der Waals surface area contributed by atoms with Crippen molar-refractivity contribution in [2.45, 2.75) is 0 Å². The lowest BCUT2D eigenvalue weighted by molar-refractivity contribution is 0.642. The Kier molecular flexibility index (Phi) is 3.93. The van der Waals surface area contributed by atoms with E-state index in [-0.39, 0.29) is 0 Å². The van der Waals surface area contributed by atoms with Crippen LogP contribution in [0.2, 0.25) is 0 Å². The first-order valence-electron chi connectivity index (χ1n) is 9.19. The number of benzene rings is 1. The molecule has 6 nitrogen and oxygen atoms in total. The second kappa shape index (κ2) is 6.72. The van der Waals surface area contributed by atoms with Crippen LogP contribution < -0.4 is 9.80 Å². The van der Waals surface area contributed by atoms with E-state index < -0.39 is 0 Å². The first-order chi connectivity index (χ1) is 13.4. The number of pyridine rings is 2. The average Bonchev–Trinajstić information content (AvgIpc) is 3.19. The van der Waals surface area contributed by atoms with Gasteiger partial charge in [0.2, 0.25) is 0 Å². The summed E-state index contributed by atoms with van der Waals surface area (Å²) in [5, 5.41) is 8.76. The first-order valence-corrected chi connectivity index (χ1v) is 9.19. The Morgan fingerprint density at radius 2 is 1.48 bits per heavy atom. The molecule has 1 N–H and O–H groups in total. The maximum atomic E-state index is 4.60. The summed E-state index contributed by atoms with van der Waals surface area (Å²) in [6.07, 6.45) is 3.72. The average molecular weight is 356 g/mol. The summed E-state index contributed by atoms with van der Waals surface area (Å²) < 4.78 is 0. The Bertz CT molecular complexity index is 1050. The molecule has 0 unspecified atom stereocenters. The van der Waals surface area contributed by atoms with Crippen molar-refractivity contribution in [3.8, 4) is 11.3 Å². The monoisotopic (exact) mass is 356 g/mol. The fourth-order valence-electron chi connectivity index (χ4n) is 3.63. The molecule has 134 valence electrons. The molecular weight excluding hydrogens is 336 g/mol. The highest BCUT2D eigenvalue weighted by Gasteiger charge is 2.19. The number of nitrogens with one attached hydrogen (secondary N) is 1. The molecule has 4 aromatic rings. The number of rotatable bonds is 3. The third-order valence-electron chi connectivity index (χ3n) is 5.07. The molecule has 0 saturated carbocycles. The molecule has 5 rings (SSSR count). The number of nitrogens with zero attached hydrogens (tertiary/aromatic N) is 5. The van der Waals surface area contributed by atoms with Crippen molar-refractivity contribution < 1.29 is 0 Å². The van der Waals surface area contributed by atoms with E-state index in [1.165, 1.54) is 0 Å².